The van der Waals surface area contributed by atoms with Crippen LogP contribution in [0.4, 0.5) is 4.79 Å². The van der Waals surface area contributed by atoms with Crippen LogP contribution in [0.3, 0.4) is 0 Å². The molecule has 0 saturated heterocycles. The fourth-order valence-electron chi connectivity index (χ4n) is 3.52. The second kappa shape index (κ2) is 13.4. The number of rotatable bonds is 11. The number of unbranched alkanes of at least 4 members (excludes halogenated alkanes) is 2. The van der Waals surface area contributed by atoms with Crippen LogP contribution in [0.25, 0.3) is 6.08 Å². The van der Waals surface area contributed by atoms with Crippen LogP contribution >= 0.6 is 0 Å². The van der Waals surface area contributed by atoms with Crippen LogP contribution < -0.4 is 5.32 Å². The predicted octanol–water partition coefficient (Wildman–Crippen LogP) is 6.16. The number of benzene rings is 1. The Morgan fingerprint density at radius 3 is 2.03 bits per heavy atom. The van der Waals surface area contributed by atoms with Crippen molar-refractivity contribution in [1.82, 2.24) is 10.2 Å². The summed E-state index contributed by atoms with van der Waals surface area (Å²) >= 11 is 0. The summed E-state index contributed by atoms with van der Waals surface area (Å²) in [7, 11) is 0. The summed E-state index contributed by atoms with van der Waals surface area (Å²) in [6.07, 6.45) is 6.69. The number of nitrogens with zero attached hydrogens (tertiary/aromatic N) is 1. The highest BCUT2D eigenvalue weighted by Gasteiger charge is 2.26. The van der Waals surface area contributed by atoms with Crippen molar-refractivity contribution in [2.75, 3.05) is 26.2 Å². The van der Waals surface area contributed by atoms with Gasteiger partial charge in [0.1, 0.15) is 12.4 Å². The zero-order valence-electron chi connectivity index (χ0n) is 22.6. The van der Waals surface area contributed by atoms with Crippen molar-refractivity contribution in [2.24, 2.45) is 0 Å². The highest BCUT2D eigenvalue weighted by molar-refractivity contribution is 5.92. The molecule has 6 heteroatoms. The Bertz CT molecular complexity index is 797. The molecule has 2 N–H and O–H groups in total. The lowest BCUT2D eigenvalue weighted by Crippen LogP contribution is -2.35. The monoisotopic (exact) mass is 474 g/mol. The highest BCUT2D eigenvalue weighted by atomic mass is 16.5. The lowest BCUT2D eigenvalue weighted by molar-refractivity contribution is -0.126. The number of hydrogen-bond donors (Lipinski definition) is 2. The average molecular weight is 475 g/mol. The molecule has 1 aromatic carbocycles. The van der Waals surface area contributed by atoms with Crippen molar-refractivity contribution in [1.29, 1.82) is 0 Å². The summed E-state index contributed by atoms with van der Waals surface area (Å²) in [6.45, 7) is 18.2. The van der Waals surface area contributed by atoms with E-state index in [1.165, 1.54) is 0 Å². The number of hydrogen-bond acceptors (Lipinski definition) is 4. The number of carbonyl (C=O) groups is 2. The Kier molecular flexibility index (Phi) is 11.6. The normalized spacial score (nSPS) is 12.1. The van der Waals surface area contributed by atoms with Gasteiger partial charge in [0, 0.05) is 30.3 Å². The first kappa shape index (κ1) is 29.5. The summed E-state index contributed by atoms with van der Waals surface area (Å²) in [5.41, 5.74) is 2.12. The number of ether oxygens (including phenoxy) is 1. The van der Waals surface area contributed by atoms with Gasteiger partial charge in [-0.05, 0) is 47.4 Å². The Hall–Kier alpha value is -2.50. The van der Waals surface area contributed by atoms with Gasteiger partial charge in [-0.3, -0.25) is 4.79 Å². The van der Waals surface area contributed by atoms with E-state index in [1.807, 2.05) is 18.2 Å². The Balaban J connectivity index is 3.00. The van der Waals surface area contributed by atoms with Crippen molar-refractivity contribution in [2.45, 2.75) is 91.9 Å². The van der Waals surface area contributed by atoms with Gasteiger partial charge in [0.05, 0.1) is 6.54 Å². The van der Waals surface area contributed by atoms with Gasteiger partial charge in [0.2, 0.25) is 5.91 Å². The third-order valence-electron chi connectivity index (χ3n) is 5.65. The molecule has 0 aromatic heterocycles. The van der Waals surface area contributed by atoms with Crippen molar-refractivity contribution in [3.8, 4) is 5.75 Å². The van der Waals surface area contributed by atoms with Crippen LogP contribution in [0.2, 0.25) is 0 Å². The molecule has 0 heterocycles. The van der Waals surface area contributed by atoms with E-state index < -0.39 is 6.09 Å². The van der Waals surface area contributed by atoms with Crippen LogP contribution in [0.15, 0.2) is 18.2 Å². The molecule has 0 unspecified atom stereocenters. The van der Waals surface area contributed by atoms with E-state index in [-0.39, 0.29) is 23.3 Å². The maximum atomic E-state index is 13.0. The lowest BCUT2D eigenvalue weighted by Gasteiger charge is -2.28. The minimum absolute atomic E-state index is 0.119. The van der Waals surface area contributed by atoms with E-state index in [1.54, 1.807) is 11.0 Å². The molecule has 1 rings (SSSR count). The number of carbonyl (C=O) groups excluding carboxylic acids is 2. The van der Waals surface area contributed by atoms with E-state index in [0.29, 0.717) is 25.4 Å². The molecule has 0 fully saturated rings. The molecular formula is C28H46N2O4. The molecule has 0 saturated carbocycles. The van der Waals surface area contributed by atoms with Gasteiger partial charge in [0.25, 0.3) is 0 Å². The van der Waals surface area contributed by atoms with E-state index in [2.05, 4.69) is 60.7 Å². The fraction of sp³-hybridized carbons (Fsp3) is 0.643. The van der Waals surface area contributed by atoms with Crippen LogP contribution in [0, 0.1) is 0 Å². The van der Waals surface area contributed by atoms with Gasteiger partial charge < -0.3 is 20.1 Å². The molecule has 0 aliphatic carbocycles. The van der Waals surface area contributed by atoms with Gasteiger partial charge in [-0.1, -0.05) is 68.2 Å². The number of alkyl carbamates (subject to hydrolysis) is 1. The van der Waals surface area contributed by atoms with Gasteiger partial charge in [-0.15, -0.1) is 0 Å². The third kappa shape index (κ3) is 9.78. The fourth-order valence-corrected chi connectivity index (χ4v) is 3.52. The Morgan fingerprint density at radius 1 is 0.971 bits per heavy atom. The molecule has 2 amide bonds. The SMILES string of the molecule is CCCCNC(=O)OCCN(CCCC)C(=O)/C=C/c1cc(C(C)(C)C)c(O)c(C(C)(C)C)c1. The molecule has 1 aromatic rings. The second-order valence-electron chi connectivity index (χ2n) is 10.9. The summed E-state index contributed by atoms with van der Waals surface area (Å²) in [4.78, 5) is 26.5. The largest absolute Gasteiger partial charge is 0.507 e. The van der Waals surface area contributed by atoms with Crippen LogP contribution in [-0.4, -0.2) is 48.2 Å². The molecule has 0 radical (unpaired) electrons. The van der Waals surface area contributed by atoms with Gasteiger partial charge in [-0.2, -0.15) is 0 Å². The molecule has 0 spiro atoms. The van der Waals surface area contributed by atoms with E-state index in [0.717, 1.165) is 42.4 Å². The second-order valence-corrected chi connectivity index (χ2v) is 10.9. The topological polar surface area (TPSA) is 78.9 Å². The lowest BCUT2D eigenvalue weighted by atomic mass is 9.78. The molecule has 0 aliphatic rings. The number of aromatic hydroxyl groups is 1. The Morgan fingerprint density at radius 2 is 1.53 bits per heavy atom. The van der Waals surface area contributed by atoms with E-state index in [4.69, 9.17) is 4.74 Å². The summed E-state index contributed by atoms with van der Waals surface area (Å²) in [5.74, 6) is 0.202. The first-order valence-corrected chi connectivity index (χ1v) is 12.6. The summed E-state index contributed by atoms with van der Waals surface area (Å²) in [5, 5.41) is 13.6. The van der Waals surface area contributed by atoms with Gasteiger partial charge in [0.15, 0.2) is 0 Å². The first-order valence-electron chi connectivity index (χ1n) is 12.6. The number of amides is 2. The first-order chi connectivity index (χ1) is 15.8. The number of nitrogens with one attached hydrogen (secondary N) is 1. The zero-order chi connectivity index (χ0) is 25.9. The Labute approximate surface area is 206 Å². The molecule has 0 bridgehead atoms. The van der Waals surface area contributed by atoms with Crippen molar-refractivity contribution >= 4 is 18.1 Å². The van der Waals surface area contributed by atoms with Crippen molar-refractivity contribution < 1.29 is 19.4 Å². The van der Waals surface area contributed by atoms with Crippen LogP contribution in [0.5, 0.6) is 5.75 Å². The minimum atomic E-state index is -0.444. The maximum Gasteiger partial charge on any atom is 0.407 e. The average Bonchev–Trinajstić information content (AvgIpc) is 2.73. The smallest absolute Gasteiger partial charge is 0.407 e. The molecule has 6 nitrogen and oxygen atoms in total. The van der Waals surface area contributed by atoms with Crippen LogP contribution in [-0.2, 0) is 20.4 Å². The summed E-state index contributed by atoms with van der Waals surface area (Å²) < 4.78 is 5.24. The quantitative estimate of drug-likeness (QED) is 0.298. The molecule has 34 heavy (non-hydrogen) atoms. The molecule has 0 aliphatic heterocycles. The third-order valence-corrected chi connectivity index (χ3v) is 5.65. The van der Waals surface area contributed by atoms with Gasteiger partial charge in [-0.25, -0.2) is 4.79 Å². The molecule has 0 atom stereocenters. The minimum Gasteiger partial charge on any atom is -0.507 e. The van der Waals surface area contributed by atoms with Crippen LogP contribution in [0.1, 0.15) is 97.8 Å². The zero-order valence-corrected chi connectivity index (χ0v) is 22.6. The van der Waals surface area contributed by atoms with Gasteiger partial charge >= 0.3 is 6.09 Å². The predicted molar refractivity (Wildman–Crippen MR) is 140 cm³/mol. The number of phenols is 1. The van der Waals surface area contributed by atoms with E-state index in [9.17, 15) is 14.7 Å². The summed E-state index contributed by atoms with van der Waals surface area (Å²) in [6, 6.07) is 3.91. The van der Waals surface area contributed by atoms with Crippen molar-refractivity contribution in [3.05, 3.63) is 34.9 Å². The maximum absolute atomic E-state index is 13.0. The molecule has 192 valence electrons. The number of phenolic OH excluding ortho intramolecular Hbond substituents is 1. The van der Waals surface area contributed by atoms with E-state index >= 15 is 0 Å². The molecular weight excluding hydrogens is 428 g/mol. The highest BCUT2D eigenvalue weighted by Crippen LogP contribution is 2.40. The standard InChI is InChI=1S/C28H46N2O4/c1-9-11-15-29-26(33)34-18-17-30(16-12-10-2)24(31)14-13-21-19-22(27(3,4)5)25(32)23(20-21)28(6,7)8/h13-14,19-20,32H,9-12,15-18H2,1-8H3,(H,29,33)/b14-13+. The van der Waals surface area contributed by atoms with Crippen molar-refractivity contribution in [3.63, 3.8) is 0 Å².